The number of amides is 2. The molecule has 0 aromatic heterocycles. The summed E-state index contributed by atoms with van der Waals surface area (Å²) in [6.07, 6.45) is 0. The molecule has 188 valence electrons. The lowest BCUT2D eigenvalue weighted by molar-refractivity contribution is -0.114. The molecule has 2 heterocycles. The molecule has 4 rings (SSSR count). The van der Waals surface area contributed by atoms with Gasteiger partial charge in [-0.3, -0.25) is 14.5 Å². The van der Waals surface area contributed by atoms with Crippen LogP contribution in [0.5, 0.6) is 5.75 Å². The van der Waals surface area contributed by atoms with Gasteiger partial charge in [-0.15, -0.1) is 0 Å². The van der Waals surface area contributed by atoms with Crippen molar-refractivity contribution in [3.05, 3.63) is 48.0 Å². The predicted octanol–water partition coefficient (Wildman–Crippen LogP) is 2.04. The molecule has 35 heavy (non-hydrogen) atoms. The molecule has 2 amide bonds. The van der Waals surface area contributed by atoms with Crippen molar-refractivity contribution in [2.75, 3.05) is 87.8 Å². The number of carbonyl (C=O) groups is 2. The predicted molar refractivity (Wildman–Crippen MR) is 138 cm³/mol. The molecule has 0 bridgehead atoms. The number of nitrogens with zero attached hydrogens (tertiary/aromatic N) is 3. The molecule has 0 saturated carbocycles. The van der Waals surface area contributed by atoms with E-state index in [-0.39, 0.29) is 11.8 Å². The van der Waals surface area contributed by atoms with Crippen LogP contribution in [0.1, 0.15) is 17.3 Å². The summed E-state index contributed by atoms with van der Waals surface area (Å²) in [6, 6.07) is 13.6. The number of benzene rings is 2. The van der Waals surface area contributed by atoms with Crippen LogP contribution < -0.4 is 25.2 Å². The van der Waals surface area contributed by atoms with Crippen LogP contribution >= 0.6 is 0 Å². The minimum atomic E-state index is -0.165. The lowest BCUT2D eigenvalue weighted by atomic mass is 10.1. The fraction of sp³-hybridized carbons (Fsp3) is 0.462. The van der Waals surface area contributed by atoms with Crippen LogP contribution in [0.15, 0.2) is 42.5 Å². The molecule has 2 aliphatic heterocycles. The van der Waals surface area contributed by atoms with Gasteiger partial charge in [0, 0.05) is 70.7 Å². The first-order valence-electron chi connectivity index (χ1n) is 12.2. The molecule has 0 unspecified atom stereocenters. The Balaban J connectivity index is 1.45. The number of nitrogens with one attached hydrogen (secondary N) is 2. The third-order valence-electron chi connectivity index (χ3n) is 6.43. The fourth-order valence-corrected chi connectivity index (χ4v) is 4.60. The topological polar surface area (TPSA) is 86.4 Å². The van der Waals surface area contributed by atoms with Crippen molar-refractivity contribution in [2.24, 2.45) is 0 Å². The summed E-state index contributed by atoms with van der Waals surface area (Å²) in [5, 5.41) is 5.87. The Hall–Kier alpha value is -3.30. The monoisotopic (exact) mass is 481 g/mol. The number of para-hydroxylation sites is 2. The number of anilines is 3. The Kier molecular flexibility index (Phi) is 8.44. The molecule has 2 aromatic carbocycles. The Labute approximate surface area is 207 Å². The standard InChI is InChI=1S/C26H35N5O4/c1-20(32)28-21-7-8-23(22(19-21)26(33)27-9-10-29-15-17-35-18-16-29)30-11-13-31(14-12-30)24-5-3-4-6-25(24)34-2/h3-8,19H,9-18H2,1-2H3,(H,27,33)(H,28,32). The van der Waals surface area contributed by atoms with Gasteiger partial charge in [-0.1, -0.05) is 12.1 Å². The zero-order chi connectivity index (χ0) is 24.6. The Morgan fingerprint density at radius 1 is 0.943 bits per heavy atom. The lowest BCUT2D eigenvalue weighted by Crippen LogP contribution is -2.47. The fourth-order valence-electron chi connectivity index (χ4n) is 4.60. The van der Waals surface area contributed by atoms with E-state index in [0.717, 1.165) is 76.2 Å². The molecule has 0 radical (unpaired) electrons. The molecule has 0 aliphatic carbocycles. The highest BCUT2D eigenvalue weighted by atomic mass is 16.5. The zero-order valence-electron chi connectivity index (χ0n) is 20.6. The van der Waals surface area contributed by atoms with E-state index in [1.165, 1.54) is 6.92 Å². The Bertz CT molecular complexity index is 1020. The molecule has 9 nitrogen and oxygen atoms in total. The highest BCUT2D eigenvalue weighted by Gasteiger charge is 2.24. The van der Waals surface area contributed by atoms with Crippen LogP contribution in [-0.4, -0.2) is 89.4 Å². The van der Waals surface area contributed by atoms with Gasteiger partial charge < -0.3 is 29.9 Å². The summed E-state index contributed by atoms with van der Waals surface area (Å²) >= 11 is 0. The number of methoxy groups -OCH3 is 1. The minimum absolute atomic E-state index is 0.132. The van der Waals surface area contributed by atoms with Gasteiger partial charge in [-0.25, -0.2) is 0 Å². The first kappa shape index (κ1) is 24.8. The van der Waals surface area contributed by atoms with E-state index < -0.39 is 0 Å². The highest BCUT2D eigenvalue weighted by Crippen LogP contribution is 2.31. The minimum Gasteiger partial charge on any atom is -0.495 e. The normalized spacial score (nSPS) is 16.6. The van der Waals surface area contributed by atoms with E-state index in [0.29, 0.717) is 17.8 Å². The maximum Gasteiger partial charge on any atom is 0.253 e. The summed E-state index contributed by atoms with van der Waals surface area (Å²) in [4.78, 5) is 31.7. The third kappa shape index (κ3) is 6.43. The summed E-state index contributed by atoms with van der Waals surface area (Å²) in [6.45, 7) is 9.21. The SMILES string of the molecule is COc1ccccc1N1CCN(c2ccc(NC(C)=O)cc2C(=O)NCCN2CCOCC2)CC1. The summed E-state index contributed by atoms with van der Waals surface area (Å²) < 4.78 is 10.9. The van der Waals surface area contributed by atoms with E-state index in [9.17, 15) is 9.59 Å². The molecular formula is C26H35N5O4. The van der Waals surface area contributed by atoms with Crippen molar-refractivity contribution in [2.45, 2.75) is 6.92 Å². The summed E-state index contributed by atoms with van der Waals surface area (Å²) in [5.41, 5.74) is 3.15. The second kappa shape index (κ2) is 11.9. The van der Waals surface area contributed by atoms with E-state index in [1.54, 1.807) is 13.2 Å². The summed E-state index contributed by atoms with van der Waals surface area (Å²) in [7, 11) is 1.69. The molecule has 9 heteroatoms. The van der Waals surface area contributed by atoms with Crippen molar-refractivity contribution >= 4 is 28.9 Å². The van der Waals surface area contributed by atoms with Crippen LogP contribution in [0.25, 0.3) is 0 Å². The second-order valence-corrected chi connectivity index (χ2v) is 8.77. The quantitative estimate of drug-likeness (QED) is 0.597. The van der Waals surface area contributed by atoms with Gasteiger partial charge in [0.15, 0.2) is 0 Å². The van der Waals surface area contributed by atoms with Gasteiger partial charge in [0.05, 0.1) is 31.6 Å². The van der Waals surface area contributed by atoms with Crippen LogP contribution in [0.3, 0.4) is 0 Å². The third-order valence-corrected chi connectivity index (χ3v) is 6.43. The molecule has 2 fully saturated rings. The molecule has 2 aliphatic rings. The van der Waals surface area contributed by atoms with Crippen molar-refractivity contribution < 1.29 is 19.1 Å². The maximum atomic E-state index is 13.2. The first-order valence-corrected chi connectivity index (χ1v) is 12.2. The second-order valence-electron chi connectivity index (χ2n) is 8.77. The average molecular weight is 482 g/mol. The van der Waals surface area contributed by atoms with Gasteiger partial charge in [0.1, 0.15) is 5.75 Å². The summed E-state index contributed by atoms with van der Waals surface area (Å²) in [5.74, 6) is 0.565. The van der Waals surface area contributed by atoms with Crippen molar-refractivity contribution in [1.29, 1.82) is 0 Å². The maximum absolute atomic E-state index is 13.2. The van der Waals surface area contributed by atoms with Crippen molar-refractivity contribution in [3.63, 3.8) is 0 Å². The van der Waals surface area contributed by atoms with Gasteiger partial charge in [0.2, 0.25) is 5.91 Å². The molecule has 2 aromatic rings. The number of piperazine rings is 1. The van der Waals surface area contributed by atoms with Gasteiger partial charge in [0.25, 0.3) is 5.91 Å². The van der Waals surface area contributed by atoms with E-state index in [1.807, 2.05) is 30.3 Å². The van der Waals surface area contributed by atoms with Crippen LogP contribution in [-0.2, 0) is 9.53 Å². The molecular weight excluding hydrogens is 446 g/mol. The first-order chi connectivity index (χ1) is 17.0. The van der Waals surface area contributed by atoms with E-state index in [4.69, 9.17) is 9.47 Å². The van der Waals surface area contributed by atoms with Gasteiger partial charge in [-0.2, -0.15) is 0 Å². The number of ether oxygens (including phenoxy) is 2. The number of hydrogen-bond donors (Lipinski definition) is 2. The number of rotatable bonds is 8. The van der Waals surface area contributed by atoms with E-state index >= 15 is 0 Å². The smallest absolute Gasteiger partial charge is 0.253 e. The molecule has 2 N–H and O–H groups in total. The molecule has 2 saturated heterocycles. The number of carbonyl (C=O) groups excluding carboxylic acids is 2. The van der Waals surface area contributed by atoms with Crippen LogP contribution in [0.2, 0.25) is 0 Å². The molecule has 0 spiro atoms. The van der Waals surface area contributed by atoms with Gasteiger partial charge in [-0.05, 0) is 30.3 Å². The van der Waals surface area contributed by atoms with Crippen LogP contribution in [0, 0.1) is 0 Å². The zero-order valence-corrected chi connectivity index (χ0v) is 20.6. The van der Waals surface area contributed by atoms with Crippen molar-refractivity contribution in [1.82, 2.24) is 10.2 Å². The van der Waals surface area contributed by atoms with E-state index in [2.05, 4.69) is 31.4 Å². The van der Waals surface area contributed by atoms with Crippen molar-refractivity contribution in [3.8, 4) is 5.75 Å². The average Bonchev–Trinajstić information content (AvgIpc) is 2.89. The number of hydrogen-bond acceptors (Lipinski definition) is 7. The highest BCUT2D eigenvalue weighted by molar-refractivity contribution is 6.02. The van der Waals surface area contributed by atoms with Crippen LogP contribution in [0.4, 0.5) is 17.1 Å². The van der Waals surface area contributed by atoms with Gasteiger partial charge >= 0.3 is 0 Å². The lowest BCUT2D eigenvalue weighted by Gasteiger charge is -2.38. The Morgan fingerprint density at radius 3 is 2.31 bits per heavy atom. The molecule has 0 atom stereocenters. The number of morpholine rings is 1. The largest absolute Gasteiger partial charge is 0.495 e. The Morgan fingerprint density at radius 2 is 1.63 bits per heavy atom.